The molecule has 2 heterocycles. The topological polar surface area (TPSA) is 51.5 Å². The molecule has 0 atom stereocenters. The van der Waals surface area contributed by atoms with Gasteiger partial charge in [-0.1, -0.05) is 48.5 Å². The van der Waals surface area contributed by atoms with E-state index in [9.17, 15) is 9.59 Å². The highest BCUT2D eigenvalue weighted by atomic mass is 16.6. The number of aldehydes is 1. The lowest BCUT2D eigenvalue weighted by Gasteiger charge is -2.31. The summed E-state index contributed by atoms with van der Waals surface area (Å²) in [6, 6.07) is 17.8. The number of piperidine rings is 1. The Balaban J connectivity index is 1.21. The number of aryl methyl sites for hydroxylation is 1. The summed E-state index contributed by atoms with van der Waals surface area (Å²) in [5, 5.41) is 1.02. The molecule has 1 saturated heterocycles. The van der Waals surface area contributed by atoms with E-state index in [1.807, 2.05) is 59.6 Å². The van der Waals surface area contributed by atoms with Crippen LogP contribution in [0.3, 0.4) is 0 Å². The van der Waals surface area contributed by atoms with E-state index in [2.05, 4.69) is 10.6 Å². The highest BCUT2D eigenvalue weighted by molar-refractivity contribution is 5.97. The van der Waals surface area contributed by atoms with Gasteiger partial charge in [0, 0.05) is 42.3 Å². The summed E-state index contributed by atoms with van der Waals surface area (Å²) in [6.07, 6.45) is 6.93. The molecule has 0 spiro atoms. The van der Waals surface area contributed by atoms with E-state index in [0.29, 0.717) is 12.5 Å². The molecule has 5 nitrogen and oxygen atoms in total. The van der Waals surface area contributed by atoms with Gasteiger partial charge in [0.15, 0.2) is 6.29 Å². The zero-order valence-electron chi connectivity index (χ0n) is 17.2. The molecule has 1 fully saturated rings. The van der Waals surface area contributed by atoms with E-state index in [0.717, 1.165) is 73.6 Å². The monoisotopic (exact) mass is 404 g/mol. The third-order valence-electron chi connectivity index (χ3n) is 6.04. The van der Waals surface area contributed by atoms with Gasteiger partial charge in [0.2, 0.25) is 0 Å². The summed E-state index contributed by atoms with van der Waals surface area (Å²) in [4.78, 5) is 25.4. The molecule has 1 aliphatic rings. The Bertz CT molecular complexity index is 988. The summed E-state index contributed by atoms with van der Waals surface area (Å²) >= 11 is 0. The maximum atomic E-state index is 12.3. The van der Waals surface area contributed by atoms with Gasteiger partial charge in [-0.3, -0.25) is 4.79 Å². The van der Waals surface area contributed by atoms with Crippen LogP contribution in [0.15, 0.2) is 60.8 Å². The Hall–Kier alpha value is -3.08. The molecule has 0 radical (unpaired) electrons. The lowest BCUT2D eigenvalue weighted by molar-refractivity contribution is 0.0812. The van der Waals surface area contributed by atoms with Crippen molar-refractivity contribution in [2.24, 2.45) is 5.92 Å². The molecule has 0 N–H and O–H groups in total. The van der Waals surface area contributed by atoms with Crippen molar-refractivity contribution in [2.45, 2.75) is 38.8 Å². The maximum absolute atomic E-state index is 12.3. The number of hydrogen-bond acceptors (Lipinski definition) is 3. The second kappa shape index (κ2) is 9.61. The van der Waals surface area contributed by atoms with Crippen molar-refractivity contribution in [3.05, 3.63) is 71.9 Å². The van der Waals surface area contributed by atoms with Crippen molar-refractivity contribution in [2.75, 3.05) is 13.1 Å². The first-order chi connectivity index (χ1) is 14.7. The standard InChI is InChI=1S/C25H28N2O3/c28-18-22-17-27(24-11-5-4-10-23(22)24)14-6-9-20-12-15-26(16-13-20)25(29)30-19-21-7-2-1-3-8-21/h1-5,7-8,10-11,17-18,20H,6,9,12-16,19H2. The Labute approximate surface area is 177 Å². The number of aromatic nitrogens is 1. The van der Waals surface area contributed by atoms with E-state index in [1.54, 1.807) is 0 Å². The van der Waals surface area contributed by atoms with Crippen LogP contribution in [-0.2, 0) is 17.9 Å². The predicted octanol–water partition coefficient (Wildman–Crippen LogP) is 5.28. The second-order valence-corrected chi connectivity index (χ2v) is 8.03. The Morgan fingerprint density at radius 1 is 1.03 bits per heavy atom. The molecule has 156 valence electrons. The average Bonchev–Trinajstić information content (AvgIpc) is 3.16. The quantitative estimate of drug-likeness (QED) is 0.503. The number of nitrogens with zero attached hydrogens (tertiary/aromatic N) is 2. The number of likely N-dealkylation sites (tertiary alicyclic amines) is 1. The Kier molecular flexibility index (Phi) is 6.47. The summed E-state index contributed by atoms with van der Waals surface area (Å²) in [7, 11) is 0. The van der Waals surface area contributed by atoms with Crippen LogP contribution in [0.1, 0.15) is 41.6 Å². The average molecular weight is 405 g/mol. The minimum Gasteiger partial charge on any atom is -0.445 e. The molecule has 1 aliphatic heterocycles. The number of ether oxygens (including phenoxy) is 1. The molecule has 0 unspecified atom stereocenters. The smallest absolute Gasteiger partial charge is 0.410 e. The Morgan fingerprint density at radius 2 is 1.77 bits per heavy atom. The Morgan fingerprint density at radius 3 is 2.53 bits per heavy atom. The van der Waals surface area contributed by atoms with Crippen LogP contribution < -0.4 is 0 Å². The maximum Gasteiger partial charge on any atom is 0.410 e. The lowest BCUT2D eigenvalue weighted by Crippen LogP contribution is -2.38. The molecule has 0 aliphatic carbocycles. The van der Waals surface area contributed by atoms with Crippen molar-refractivity contribution in [1.82, 2.24) is 9.47 Å². The van der Waals surface area contributed by atoms with Crippen LogP contribution in [0, 0.1) is 5.92 Å². The zero-order valence-corrected chi connectivity index (χ0v) is 17.2. The van der Waals surface area contributed by atoms with E-state index in [-0.39, 0.29) is 6.09 Å². The number of carbonyl (C=O) groups excluding carboxylic acids is 2. The van der Waals surface area contributed by atoms with Crippen LogP contribution in [0.4, 0.5) is 4.79 Å². The van der Waals surface area contributed by atoms with Crippen molar-refractivity contribution < 1.29 is 14.3 Å². The molecule has 2 aromatic carbocycles. The first kappa shape index (κ1) is 20.2. The van der Waals surface area contributed by atoms with E-state index >= 15 is 0 Å². The minimum absolute atomic E-state index is 0.211. The van der Waals surface area contributed by atoms with Gasteiger partial charge in [-0.05, 0) is 43.2 Å². The summed E-state index contributed by atoms with van der Waals surface area (Å²) < 4.78 is 7.64. The van der Waals surface area contributed by atoms with Gasteiger partial charge < -0.3 is 14.2 Å². The van der Waals surface area contributed by atoms with Crippen molar-refractivity contribution >= 4 is 23.3 Å². The van der Waals surface area contributed by atoms with Gasteiger partial charge in [0.05, 0.1) is 0 Å². The zero-order chi connectivity index (χ0) is 20.8. The van der Waals surface area contributed by atoms with Crippen LogP contribution in [0.5, 0.6) is 0 Å². The van der Waals surface area contributed by atoms with Crippen LogP contribution in [0.25, 0.3) is 10.9 Å². The number of fused-ring (bicyclic) bond motifs is 1. The number of carbonyl (C=O) groups is 2. The van der Waals surface area contributed by atoms with Gasteiger partial charge in [0.25, 0.3) is 0 Å². The highest BCUT2D eigenvalue weighted by Gasteiger charge is 2.23. The molecule has 4 rings (SSSR count). The van der Waals surface area contributed by atoms with Gasteiger partial charge in [-0.15, -0.1) is 0 Å². The molecule has 30 heavy (non-hydrogen) atoms. The predicted molar refractivity (Wildman–Crippen MR) is 117 cm³/mol. The number of para-hydroxylation sites is 1. The normalized spacial score (nSPS) is 14.7. The lowest BCUT2D eigenvalue weighted by atomic mass is 9.92. The van der Waals surface area contributed by atoms with Crippen molar-refractivity contribution in [1.29, 1.82) is 0 Å². The minimum atomic E-state index is -0.211. The molecule has 0 bridgehead atoms. The summed E-state index contributed by atoms with van der Waals surface area (Å²) in [6.45, 7) is 2.76. The van der Waals surface area contributed by atoms with Crippen LogP contribution >= 0.6 is 0 Å². The van der Waals surface area contributed by atoms with Gasteiger partial charge in [-0.25, -0.2) is 4.79 Å². The highest BCUT2D eigenvalue weighted by Crippen LogP contribution is 2.25. The van der Waals surface area contributed by atoms with Gasteiger partial charge in [0.1, 0.15) is 6.61 Å². The fraction of sp³-hybridized carbons (Fsp3) is 0.360. The summed E-state index contributed by atoms with van der Waals surface area (Å²) in [5.74, 6) is 0.635. The largest absolute Gasteiger partial charge is 0.445 e. The molecular weight excluding hydrogens is 376 g/mol. The number of hydrogen-bond donors (Lipinski definition) is 0. The van der Waals surface area contributed by atoms with Crippen LogP contribution in [0.2, 0.25) is 0 Å². The molecule has 1 amide bonds. The second-order valence-electron chi connectivity index (χ2n) is 8.03. The molecule has 0 saturated carbocycles. The van der Waals surface area contributed by atoms with Crippen molar-refractivity contribution in [3.8, 4) is 0 Å². The molecule has 3 aromatic rings. The first-order valence-corrected chi connectivity index (χ1v) is 10.7. The van der Waals surface area contributed by atoms with E-state index in [4.69, 9.17) is 4.74 Å². The SMILES string of the molecule is O=Cc1cn(CCCC2CCN(C(=O)OCc3ccccc3)CC2)c2ccccc12. The number of benzene rings is 2. The van der Waals surface area contributed by atoms with Crippen LogP contribution in [-0.4, -0.2) is 34.9 Å². The number of amides is 1. The molecule has 1 aromatic heterocycles. The fourth-order valence-corrected chi connectivity index (χ4v) is 4.32. The fourth-order valence-electron chi connectivity index (χ4n) is 4.32. The first-order valence-electron chi connectivity index (χ1n) is 10.7. The van der Waals surface area contributed by atoms with Gasteiger partial charge >= 0.3 is 6.09 Å². The van der Waals surface area contributed by atoms with E-state index < -0.39 is 0 Å². The molecular formula is C25H28N2O3. The summed E-state index contributed by atoms with van der Waals surface area (Å²) in [5.41, 5.74) is 2.89. The third-order valence-corrected chi connectivity index (χ3v) is 6.04. The third kappa shape index (κ3) is 4.73. The number of rotatable bonds is 7. The van der Waals surface area contributed by atoms with Gasteiger partial charge in [-0.2, -0.15) is 0 Å². The van der Waals surface area contributed by atoms with Crippen molar-refractivity contribution in [3.63, 3.8) is 0 Å². The van der Waals surface area contributed by atoms with E-state index in [1.165, 1.54) is 0 Å². The molecule has 5 heteroatoms.